The third kappa shape index (κ3) is 8.07. The van der Waals surface area contributed by atoms with Crippen molar-refractivity contribution in [1.29, 1.82) is 0 Å². The van der Waals surface area contributed by atoms with E-state index < -0.39 is 0 Å². The molecule has 24 heavy (non-hydrogen) atoms. The monoisotopic (exact) mass is 349 g/mol. The van der Waals surface area contributed by atoms with Crippen molar-refractivity contribution in [2.75, 3.05) is 12.4 Å². The maximum atomic E-state index is 5.82. The van der Waals surface area contributed by atoms with E-state index in [4.69, 9.17) is 4.74 Å². The van der Waals surface area contributed by atoms with Crippen LogP contribution in [0.15, 0.2) is 29.2 Å². The molecule has 1 fully saturated rings. The normalized spacial score (nSPS) is 18.2. The lowest BCUT2D eigenvalue weighted by atomic mass is 10.0. The summed E-state index contributed by atoms with van der Waals surface area (Å²) in [5.74, 6) is 2.13. The molecule has 1 aliphatic rings. The fourth-order valence-corrected chi connectivity index (χ4v) is 4.68. The first kappa shape index (κ1) is 19.8. The third-order valence-corrected chi connectivity index (χ3v) is 6.28. The fourth-order valence-electron chi connectivity index (χ4n) is 3.47. The van der Waals surface area contributed by atoms with Crippen LogP contribution in [0.1, 0.15) is 77.2 Å². The standard InChI is InChI=1S/C22H36OS/c1-19(2)11-10-13-20-12-5-6-16-22(20)24-18-9-3-4-14-21-15-7-8-17-23-21/h5-6,12,16,19,21H,3-4,7-11,13-15,17-18H2,1-2H3/p+1. The van der Waals surface area contributed by atoms with Crippen molar-refractivity contribution in [3.8, 4) is 0 Å². The number of hydrogen-bond donors (Lipinski definition) is 0. The Morgan fingerprint density at radius 2 is 1.96 bits per heavy atom. The van der Waals surface area contributed by atoms with Crippen LogP contribution in [0.4, 0.5) is 0 Å². The van der Waals surface area contributed by atoms with Gasteiger partial charge in [-0.3, -0.25) is 0 Å². The third-order valence-electron chi connectivity index (χ3n) is 4.96. The molecule has 136 valence electrons. The average molecular weight is 350 g/mol. The van der Waals surface area contributed by atoms with E-state index in [0.29, 0.717) is 6.10 Å². The summed E-state index contributed by atoms with van der Waals surface area (Å²) in [6.45, 7) is 5.64. The van der Waals surface area contributed by atoms with E-state index in [1.807, 2.05) is 0 Å². The molecule has 1 saturated heterocycles. The van der Waals surface area contributed by atoms with Gasteiger partial charge in [0, 0.05) is 23.9 Å². The molecule has 2 heteroatoms. The highest BCUT2D eigenvalue weighted by Gasteiger charge is 2.13. The predicted octanol–water partition coefficient (Wildman–Crippen LogP) is 5.97. The minimum Gasteiger partial charge on any atom is -0.378 e. The summed E-state index contributed by atoms with van der Waals surface area (Å²) >= 11 is 1.53. The number of rotatable bonds is 11. The van der Waals surface area contributed by atoms with Crippen LogP contribution in [0, 0.1) is 5.92 Å². The molecule has 0 N–H and O–H groups in total. The zero-order chi connectivity index (χ0) is 17.0. The molecule has 0 radical (unpaired) electrons. The van der Waals surface area contributed by atoms with E-state index >= 15 is 0 Å². The van der Waals surface area contributed by atoms with Crippen LogP contribution >= 0.6 is 0 Å². The van der Waals surface area contributed by atoms with Gasteiger partial charge in [-0.25, -0.2) is 0 Å². The predicted molar refractivity (Wildman–Crippen MR) is 108 cm³/mol. The highest BCUT2D eigenvalue weighted by Crippen LogP contribution is 2.19. The molecule has 1 aromatic carbocycles. The average Bonchev–Trinajstić information content (AvgIpc) is 2.60. The fraction of sp³-hybridized carbons (Fsp3) is 0.727. The topological polar surface area (TPSA) is 9.23 Å². The van der Waals surface area contributed by atoms with E-state index in [1.54, 1.807) is 10.5 Å². The highest BCUT2D eigenvalue weighted by atomic mass is 32.2. The van der Waals surface area contributed by atoms with Gasteiger partial charge < -0.3 is 4.74 Å². The van der Waals surface area contributed by atoms with Gasteiger partial charge in [0.1, 0.15) is 5.75 Å². The minimum atomic E-state index is 0.568. The van der Waals surface area contributed by atoms with Gasteiger partial charge in [-0.2, -0.15) is 0 Å². The van der Waals surface area contributed by atoms with E-state index in [-0.39, 0.29) is 0 Å². The Bertz CT molecular complexity index is 437. The second-order valence-electron chi connectivity index (χ2n) is 7.63. The van der Waals surface area contributed by atoms with Crippen molar-refractivity contribution >= 4 is 11.8 Å². The summed E-state index contributed by atoms with van der Waals surface area (Å²) in [5, 5.41) is 0. The number of ether oxygens (including phenoxy) is 1. The van der Waals surface area contributed by atoms with Crippen LogP contribution in [0.25, 0.3) is 0 Å². The van der Waals surface area contributed by atoms with Crippen molar-refractivity contribution in [1.82, 2.24) is 0 Å². The summed E-state index contributed by atoms with van der Waals surface area (Å²) in [5.41, 5.74) is 1.58. The second-order valence-corrected chi connectivity index (χ2v) is 8.88. The summed E-state index contributed by atoms with van der Waals surface area (Å²) < 4.78 is 5.82. The molecule has 1 aromatic rings. The zero-order valence-corrected chi connectivity index (χ0v) is 16.7. The molecule has 0 aliphatic carbocycles. The molecule has 0 amide bonds. The summed E-state index contributed by atoms with van der Waals surface area (Å²) in [6.07, 6.45) is 13.8. The Morgan fingerprint density at radius 1 is 1.08 bits per heavy atom. The Kier molecular flexibility index (Phi) is 9.91. The summed E-state index contributed by atoms with van der Waals surface area (Å²) in [6, 6.07) is 9.08. The molecular weight excluding hydrogens is 312 g/mol. The molecule has 0 aromatic heterocycles. The molecular formula is C22H37OS+. The van der Waals surface area contributed by atoms with Crippen molar-refractivity contribution in [3.63, 3.8) is 0 Å². The van der Waals surface area contributed by atoms with Crippen molar-refractivity contribution in [2.24, 2.45) is 5.92 Å². The number of unbranched alkanes of at least 4 members (excludes halogenated alkanes) is 2. The smallest absolute Gasteiger partial charge is 0.155 e. The van der Waals surface area contributed by atoms with Crippen LogP contribution in [0.5, 0.6) is 0 Å². The Labute approximate surface area is 154 Å². The first-order valence-corrected chi connectivity index (χ1v) is 11.2. The van der Waals surface area contributed by atoms with Crippen molar-refractivity contribution in [3.05, 3.63) is 29.8 Å². The highest BCUT2D eigenvalue weighted by molar-refractivity contribution is 7.78. The molecule has 1 nitrogen and oxygen atoms in total. The van der Waals surface area contributed by atoms with Gasteiger partial charge >= 0.3 is 0 Å². The van der Waals surface area contributed by atoms with Crippen LogP contribution in [0.2, 0.25) is 0 Å². The molecule has 0 bridgehead atoms. The largest absolute Gasteiger partial charge is 0.378 e. The molecule has 1 unspecified atom stereocenters. The van der Waals surface area contributed by atoms with Crippen LogP contribution in [0.3, 0.4) is 0 Å². The van der Waals surface area contributed by atoms with Crippen LogP contribution in [-0.4, -0.2) is 18.5 Å². The first-order valence-electron chi connectivity index (χ1n) is 10.1. The van der Waals surface area contributed by atoms with E-state index in [9.17, 15) is 0 Å². The van der Waals surface area contributed by atoms with E-state index in [2.05, 4.69) is 38.1 Å². The van der Waals surface area contributed by atoms with Crippen molar-refractivity contribution in [2.45, 2.75) is 89.1 Å². The lowest BCUT2D eigenvalue weighted by molar-refractivity contribution is 0.00985. The van der Waals surface area contributed by atoms with E-state index in [0.717, 1.165) is 12.5 Å². The summed E-state index contributed by atoms with van der Waals surface area (Å²) in [7, 11) is 0. The molecule has 1 aliphatic heterocycles. The first-order chi connectivity index (χ1) is 11.8. The van der Waals surface area contributed by atoms with Crippen LogP contribution < -0.4 is 0 Å². The van der Waals surface area contributed by atoms with Crippen molar-refractivity contribution < 1.29 is 4.74 Å². The van der Waals surface area contributed by atoms with Gasteiger partial charge in [0.15, 0.2) is 4.90 Å². The van der Waals surface area contributed by atoms with Gasteiger partial charge in [-0.1, -0.05) is 44.9 Å². The number of thiol groups is 1. The van der Waals surface area contributed by atoms with Gasteiger partial charge in [-0.15, -0.1) is 0 Å². The maximum absolute atomic E-state index is 5.82. The number of aryl methyl sites for hydroxylation is 1. The molecule has 1 atom stereocenters. The van der Waals surface area contributed by atoms with Gasteiger partial charge in [0.2, 0.25) is 0 Å². The Morgan fingerprint density at radius 3 is 2.75 bits per heavy atom. The molecule has 1 heterocycles. The van der Waals surface area contributed by atoms with Gasteiger partial charge in [-0.05, 0) is 63.4 Å². The SMILES string of the molecule is CC(C)CCCc1ccccc1[SH+]CCCCCC1CCCCO1. The summed E-state index contributed by atoms with van der Waals surface area (Å²) in [4.78, 5) is 1.57. The van der Waals surface area contributed by atoms with E-state index in [1.165, 1.54) is 81.7 Å². The Hall–Kier alpha value is -0.470. The molecule has 2 rings (SSSR count). The molecule has 0 spiro atoms. The Balaban J connectivity index is 1.59. The lowest BCUT2D eigenvalue weighted by Gasteiger charge is -2.22. The lowest BCUT2D eigenvalue weighted by Crippen LogP contribution is -2.18. The number of benzene rings is 1. The zero-order valence-electron chi connectivity index (χ0n) is 15.8. The second kappa shape index (κ2) is 12.0. The van der Waals surface area contributed by atoms with Gasteiger partial charge in [0.05, 0.1) is 6.10 Å². The molecule has 0 saturated carbocycles. The maximum Gasteiger partial charge on any atom is 0.155 e. The number of hydrogen-bond acceptors (Lipinski definition) is 1. The minimum absolute atomic E-state index is 0.568. The van der Waals surface area contributed by atoms with Gasteiger partial charge in [0.25, 0.3) is 0 Å². The van der Waals surface area contributed by atoms with Crippen LogP contribution in [-0.2, 0) is 22.9 Å². The quantitative estimate of drug-likeness (QED) is 0.272.